The van der Waals surface area contributed by atoms with Gasteiger partial charge in [-0.2, -0.15) is 0 Å². The van der Waals surface area contributed by atoms with Crippen LogP contribution in [0.4, 0.5) is 0 Å². The minimum atomic E-state index is 1.30. The Hall–Kier alpha value is -2.68. The minimum Gasteiger partial charge on any atom is -0.135 e. The van der Waals surface area contributed by atoms with E-state index < -0.39 is 0 Å². The Bertz CT molecular complexity index is 1530. The van der Waals surface area contributed by atoms with Gasteiger partial charge in [0.15, 0.2) is 0 Å². The monoisotopic (exact) mass is 394 g/mol. The third-order valence-electron chi connectivity index (χ3n) is 5.64. The first kappa shape index (κ1) is 16.3. The lowest BCUT2D eigenvalue weighted by molar-refractivity contribution is 1.52. The highest BCUT2D eigenvalue weighted by molar-refractivity contribution is 7.26. The van der Waals surface area contributed by atoms with Gasteiger partial charge in [-0.05, 0) is 60.9 Å². The summed E-state index contributed by atoms with van der Waals surface area (Å²) in [7, 11) is 0. The van der Waals surface area contributed by atoms with Crippen LogP contribution in [0.2, 0.25) is 0 Å². The van der Waals surface area contributed by atoms with Crippen LogP contribution < -0.4 is 0 Å². The summed E-state index contributed by atoms with van der Waals surface area (Å²) in [5, 5.41) is 5.53. The Kier molecular flexibility index (Phi) is 3.44. The molecule has 0 aliphatic rings. The molecule has 0 saturated heterocycles. The van der Waals surface area contributed by atoms with E-state index in [1.807, 2.05) is 22.7 Å². The maximum atomic E-state index is 2.37. The van der Waals surface area contributed by atoms with E-state index in [9.17, 15) is 0 Å². The number of aryl methyl sites for hydroxylation is 2. The van der Waals surface area contributed by atoms with Gasteiger partial charge in [0.05, 0.1) is 0 Å². The van der Waals surface area contributed by atoms with Crippen molar-refractivity contribution in [2.75, 3.05) is 0 Å². The van der Waals surface area contributed by atoms with E-state index in [0.29, 0.717) is 0 Å². The first-order chi connectivity index (χ1) is 13.7. The summed E-state index contributed by atoms with van der Waals surface area (Å²) < 4.78 is 5.48. The van der Waals surface area contributed by atoms with Crippen LogP contribution >= 0.6 is 22.7 Å². The van der Waals surface area contributed by atoms with Gasteiger partial charge in [0.2, 0.25) is 0 Å². The molecule has 0 aliphatic heterocycles. The van der Waals surface area contributed by atoms with Gasteiger partial charge >= 0.3 is 0 Å². The molecule has 2 heterocycles. The zero-order valence-electron chi connectivity index (χ0n) is 15.7. The molecule has 28 heavy (non-hydrogen) atoms. The molecule has 0 N–H and O–H groups in total. The van der Waals surface area contributed by atoms with Crippen molar-refractivity contribution >= 4 is 63.0 Å². The summed E-state index contributed by atoms with van der Waals surface area (Å²) in [6.07, 6.45) is 0. The van der Waals surface area contributed by atoms with Crippen molar-refractivity contribution in [3.8, 4) is 11.1 Å². The van der Waals surface area contributed by atoms with Crippen molar-refractivity contribution in [2.24, 2.45) is 0 Å². The molecule has 0 bridgehead atoms. The molecule has 0 spiro atoms. The third-order valence-corrected chi connectivity index (χ3v) is 7.89. The Morgan fingerprint density at radius 3 is 2.25 bits per heavy atom. The van der Waals surface area contributed by atoms with Crippen LogP contribution in [0.1, 0.15) is 11.1 Å². The summed E-state index contributed by atoms with van der Waals surface area (Å²) in [6, 6.07) is 27.2. The van der Waals surface area contributed by atoms with Crippen LogP contribution in [-0.4, -0.2) is 0 Å². The molecule has 6 rings (SSSR count). The van der Waals surface area contributed by atoms with Crippen molar-refractivity contribution < 1.29 is 0 Å². The average molecular weight is 395 g/mol. The van der Waals surface area contributed by atoms with Crippen molar-refractivity contribution in [3.05, 3.63) is 83.9 Å². The Morgan fingerprint density at radius 1 is 0.536 bits per heavy atom. The van der Waals surface area contributed by atoms with Gasteiger partial charge in [0.1, 0.15) is 0 Å². The molecule has 2 heteroatoms. The van der Waals surface area contributed by atoms with Crippen LogP contribution in [0.15, 0.2) is 72.8 Å². The molecule has 0 fully saturated rings. The van der Waals surface area contributed by atoms with E-state index in [4.69, 9.17) is 0 Å². The van der Waals surface area contributed by atoms with E-state index in [1.165, 1.54) is 62.6 Å². The first-order valence-electron chi connectivity index (χ1n) is 9.52. The minimum absolute atomic E-state index is 1.30. The number of hydrogen-bond acceptors (Lipinski definition) is 2. The van der Waals surface area contributed by atoms with Gasteiger partial charge in [-0.15, -0.1) is 22.7 Å². The second-order valence-corrected chi connectivity index (χ2v) is 9.74. The predicted molar refractivity (Wildman–Crippen MR) is 127 cm³/mol. The molecule has 0 unspecified atom stereocenters. The number of benzene rings is 4. The van der Waals surface area contributed by atoms with Gasteiger partial charge < -0.3 is 0 Å². The number of thiophene rings is 2. The lowest BCUT2D eigenvalue weighted by Crippen LogP contribution is -1.81. The van der Waals surface area contributed by atoms with Crippen LogP contribution in [0.3, 0.4) is 0 Å². The number of rotatable bonds is 1. The summed E-state index contributed by atoms with van der Waals surface area (Å²) in [4.78, 5) is 0. The quantitative estimate of drug-likeness (QED) is 0.261. The van der Waals surface area contributed by atoms with E-state index in [-0.39, 0.29) is 0 Å². The molecule has 0 nitrogen and oxygen atoms in total. The van der Waals surface area contributed by atoms with E-state index in [0.717, 1.165) is 0 Å². The van der Waals surface area contributed by atoms with Gasteiger partial charge in [-0.25, -0.2) is 0 Å². The lowest BCUT2D eigenvalue weighted by atomic mass is 9.99. The van der Waals surface area contributed by atoms with Gasteiger partial charge in [0, 0.05) is 40.3 Å². The fraction of sp³-hybridized carbons (Fsp3) is 0.0769. The maximum Gasteiger partial charge on any atom is 0.0364 e. The molecule has 0 atom stereocenters. The Labute approximate surface area is 171 Å². The van der Waals surface area contributed by atoms with Crippen LogP contribution in [0.25, 0.3) is 51.5 Å². The molecule has 0 amide bonds. The summed E-state index contributed by atoms with van der Waals surface area (Å²) in [5.74, 6) is 0. The van der Waals surface area contributed by atoms with Gasteiger partial charge in [0.25, 0.3) is 0 Å². The fourth-order valence-electron chi connectivity index (χ4n) is 4.30. The van der Waals surface area contributed by atoms with Crippen molar-refractivity contribution in [1.29, 1.82) is 0 Å². The number of hydrogen-bond donors (Lipinski definition) is 0. The predicted octanol–water partition coefficient (Wildman–Crippen LogP) is 8.71. The molecule has 6 aromatic rings. The van der Waals surface area contributed by atoms with Crippen LogP contribution in [-0.2, 0) is 0 Å². The molecule has 0 radical (unpaired) electrons. The molecule has 4 aromatic carbocycles. The highest BCUT2D eigenvalue weighted by Crippen LogP contribution is 2.40. The smallest absolute Gasteiger partial charge is 0.0364 e. The lowest BCUT2D eigenvalue weighted by Gasteiger charge is -2.06. The van der Waals surface area contributed by atoms with Crippen LogP contribution in [0, 0.1) is 13.8 Å². The molecular weight excluding hydrogens is 376 g/mol. The number of fused-ring (bicyclic) bond motifs is 6. The van der Waals surface area contributed by atoms with E-state index >= 15 is 0 Å². The molecule has 2 aromatic heterocycles. The molecule has 0 aliphatic carbocycles. The molecule has 0 saturated carbocycles. The zero-order chi connectivity index (χ0) is 18.8. The Morgan fingerprint density at radius 2 is 1.32 bits per heavy atom. The second kappa shape index (κ2) is 5.91. The average Bonchev–Trinajstić information content (AvgIpc) is 3.25. The van der Waals surface area contributed by atoms with E-state index in [1.54, 1.807) is 0 Å². The van der Waals surface area contributed by atoms with E-state index in [2.05, 4.69) is 86.6 Å². The highest BCUT2D eigenvalue weighted by atomic mass is 32.1. The van der Waals surface area contributed by atoms with Crippen molar-refractivity contribution in [1.82, 2.24) is 0 Å². The maximum absolute atomic E-state index is 2.37. The van der Waals surface area contributed by atoms with Gasteiger partial charge in [-0.3, -0.25) is 0 Å². The summed E-state index contributed by atoms with van der Waals surface area (Å²) >= 11 is 3.79. The SMILES string of the molecule is Cc1ccc2sc3cc(-c4cc(C)c5c(c4)sc4ccccc45)ccc3c2c1. The largest absolute Gasteiger partial charge is 0.135 e. The third kappa shape index (κ3) is 2.35. The topological polar surface area (TPSA) is 0 Å². The molecular formula is C26H18S2. The summed E-state index contributed by atoms with van der Waals surface area (Å²) in [5.41, 5.74) is 5.30. The summed E-state index contributed by atoms with van der Waals surface area (Å²) in [6.45, 7) is 4.41. The van der Waals surface area contributed by atoms with Gasteiger partial charge in [-0.1, -0.05) is 48.0 Å². The first-order valence-corrected chi connectivity index (χ1v) is 11.2. The van der Waals surface area contributed by atoms with Crippen LogP contribution in [0.5, 0.6) is 0 Å². The highest BCUT2D eigenvalue weighted by Gasteiger charge is 2.11. The fourth-order valence-corrected chi connectivity index (χ4v) is 6.65. The normalized spacial score (nSPS) is 11.9. The zero-order valence-corrected chi connectivity index (χ0v) is 17.4. The van der Waals surface area contributed by atoms with Crippen molar-refractivity contribution in [2.45, 2.75) is 13.8 Å². The second-order valence-electron chi connectivity index (χ2n) is 7.58. The molecule has 134 valence electrons. The van der Waals surface area contributed by atoms with Crippen molar-refractivity contribution in [3.63, 3.8) is 0 Å². The Balaban J connectivity index is 1.58. The standard InChI is InChI=1S/C26H18S2/c1-15-7-10-23-21(11-15)19-9-8-17(13-24(19)27-23)18-12-16(2)26-20-5-3-4-6-22(20)28-25(26)14-18/h3-14H,1-2H3.